The van der Waals surface area contributed by atoms with Crippen molar-refractivity contribution in [2.45, 2.75) is 18.8 Å². The maximum Gasteiger partial charge on any atom is 0.0842 e. The number of benzene rings is 1. The van der Waals surface area contributed by atoms with E-state index in [9.17, 15) is 5.26 Å². The highest BCUT2D eigenvalue weighted by Crippen LogP contribution is 2.30. The number of nitrogens with zero attached hydrogens (tertiary/aromatic N) is 1. The fourth-order valence-electron chi connectivity index (χ4n) is 1.79. The third-order valence-corrected chi connectivity index (χ3v) is 3.96. The average Bonchev–Trinajstić information content (AvgIpc) is 2.82. The lowest BCUT2D eigenvalue weighted by Crippen LogP contribution is -2.22. The minimum atomic E-state index is -0.491. The van der Waals surface area contributed by atoms with Gasteiger partial charge in [0.2, 0.25) is 0 Å². The molecule has 2 rings (SSSR count). The second-order valence-corrected chi connectivity index (χ2v) is 5.68. The Balaban J connectivity index is 2.31. The summed E-state index contributed by atoms with van der Waals surface area (Å²) in [5.74, 6) is 0. The van der Waals surface area contributed by atoms with Crippen LogP contribution in [0, 0.1) is 11.3 Å². The van der Waals surface area contributed by atoms with Crippen molar-refractivity contribution in [3.8, 4) is 6.07 Å². The molecule has 0 spiro atoms. The smallest absolute Gasteiger partial charge is 0.0842 e. The minimum Gasteiger partial charge on any atom is -0.197 e. The normalized spacial score (nSPS) is 13.9. The van der Waals surface area contributed by atoms with Crippen molar-refractivity contribution in [1.82, 2.24) is 0 Å². The summed E-state index contributed by atoms with van der Waals surface area (Å²) in [4.78, 5) is 1.23. The molecular formula is C14H12ClNS. The van der Waals surface area contributed by atoms with Crippen molar-refractivity contribution in [3.05, 3.63) is 57.2 Å². The summed E-state index contributed by atoms with van der Waals surface area (Å²) in [5.41, 5.74) is 0.521. The molecular weight excluding hydrogens is 250 g/mol. The quantitative estimate of drug-likeness (QED) is 0.802. The van der Waals surface area contributed by atoms with Crippen LogP contribution in [0.25, 0.3) is 0 Å². The fourth-order valence-corrected chi connectivity index (χ4v) is 2.77. The van der Waals surface area contributed by atoms with Gasteiger partial charge in [0.1, 0.15) is 0 Å². The zero-order valence-electron chi connectivity index (χ0n) is 9.48. The summed E-state index contributed by atoms with van der Waals surface area (Å²) in [6, 6.07) is 14.0. The Morgan fingerprint density at radius 1 is 1.29 bits per heavy atom. The second kappa shape index (κ2) is 4.91. The Morgan fingerprint density at radius 3 is 2.53 bits per heavy atom. The Labute approximate surface area is 110 Å². The van der Waals surface area contributed by atoms with Crippen molar-refractivity contribution in [3.63, 3.8) is 0 Å². The van der Waals surface area contributed by atoms with Crippen molar-refractivity contribution in [2.75, 3.05) is 0 Å². The van der Waals surface area contributed by atoms with Gasteiger partial charge in [0, 0.05) is 16.3 Å². The third-order valence-electron chi connectivity index (χ3n) is 2.84. The van der Waals surface area contributed by atoms with Gasteiger partial charge in [-0.1, -0.05) is 29.8 Å². The fraction of sp³-hybridized carbons (Fsp3) is 0.214. The van der Waals surface area contributed by atoms with Gasteiger partial charge in [0.25, 0.3) is 0 Å². The standard InChI is InChI=1S/C14H12ClNS/c1-14(10-16,9-13-3-2-8-17-13)11-4-6-12(15)7-5-11/h2-8H,9H2,1H3. The van der Waals surface area contributed by atoms with Gasteiger partial charge in [-0.15, -0.1) is 11.3 Å². The van der Waals surface area contributed by atoms with E-state index < -0.39 is 5.41 Å². The maximum atomic E-state index is 9.43. The summed E-state index contributed by atoms with van der Waals surface area (Å²) in [6.07, 6.45) is 0.739. The largest absolute Gasteiger partial charge is 0.197 e. The predicted molar refractivity (Wildman–Crippen MR) is 72.4 cm³/mol. The SMILES string of the molecule is CC(C#N)(Cc1cccs1)c1ccc(Cl)cc1. The Bertz CT molecular complexity index is 524. The first-order valence-corrected chi connectivity index (χ1v) is 6.59. The van der Waals surface area contributed by atoms with Crippen LogP contribution in [-0.2, 0) is 11.8 Å². The first kappa shape index (κ1) is 12.2. The number of hydrogen-bond donors (Lipinski definition) is 0. The first-order valence-electron chi connectivity index (χ1n) is 5.34. The summed E-state index contributed by atoms with van der Waals surface area (Å²) in [6.45, 7) is 1.97. The highest BCUT2D eigenvalue weighted by molar-refractivity contribution is 7.09. The lowest BCUT2D eigenvalue weighted by atomic mass is 9.80. The van der Waals surface area contributed by atoms with E-state index in [1.165, 1.54) is 4.88 Å². The van der Waals surface area contributed by atoms with Gasteiger partial charge in [-0.25, -0.2) is 0 Å². The number of halogens is 1. The number of rotatable bonds is 3. The first-order chi connectivity index (χ1) is 8.14. The Hall–Kier alpha value is -1.30. The molecule has 0 fully saturated rings. The maximum absolute atomic E-state index is 9.43. The van der Waals surface area contributed by atoms with Crippen LogP contribution in [0.2, 0.25) is 5.02 Å². The van der Waals surface area contributed by atoms with E-state index in [1.807, 2.05) is 42.6 Å². The molecule has 0 aliphatic heterocycles. The molecule has 86 valence electrons. The van der Waals surface area contributed by atoms with Crippen molar-refractivity contribution >= 4 is 22.9 Å². The van der Waals surface area contributed by atoms with Crippen LogP contribution in [0.4, 0.5) is 0 Å². The molecule has 0 N–H and O–H groups in total. The number of thiophene rings is 1. The van der Waals surface area contributed by atoms with Crippen LogP contribution in [0.15, 0.2) is 41.8 Å². The van der Waals surface area contributed by atoms with Gasteiger partial charge in [-0.05, 0) is 36.1 Å². The molecule has 1 unspecified atom stereocenters. The van der Waals surface area contributed by atoms with Crippen LogP contribution in [0.3, 0.4) is 0 Å². The summed E-state index contributed by atoms with van der Waals surface area (Å²) in [7, 11) is 0. The van der Waals surface area contributed by atoms with E-state index in [4.69, 9.17) is 11.6 Å². The molecule has 0 aliphatic carbocycles. The Morgan fingerprint density at radius 2 is 2.00 bits per heavy atom. The number of nitriles is 1. The van der Waals surface area contributed by atoms with Gasteiger partial charge in [0.15, 0.2) is 0 Å². The molecule has 0 bridgehead atoms. The predicted octanol–water partition coefficient (Wildman–Crippen LogP) is 4.43. The molecule has 1 aromatic carbocycles. The molecule has 1 nitrogen and oxygen atoms in total. The Kier molecular flexibility index (Phi) is 3.51. The molecule has 1 aromatic heterocycles. The highest BCUT2D eigenvalue weighted by Gasteiger charge is 2.27. The molecule has 1 heterocycles. The molecule has 0 amide bonds. The van der Waals surface area contributed by atoms with Crippen molar-refractivity contribution < 1.29 is 0 Å². The van der Waals surface area contributed by atoms with Gasteiger partial charge >= 0.3 is 0 Å². The lowest BCUT2D eigenvalue weighted by molar-refractivity contribution is 0.612. The molecule has 17 heavy (non-hydrogen) atoms. The summed E-state index contributed by atoms with van der Waals surface area (Å²) >= 11 is 7.55. The zero-order chi connectivity index (χ0) is 12.3. The van der Waals surface area contributed by atoms with Crippen LogP contribution < -0.4 is 0 Å². The highest BCUT2D eigenvalue weighted by atomic mass is 35.5. The van der Waals surface area contributed by atoms with Crippen LogP contribution in [0.1, 0.15) is 17.4 Å². The van der Waals surface area contributed by atoms with Crippen LogP contribution in [-0.4, -0.2) is 0 Å². The molecule has 0 radical (unpaired) electrons. The van der Waals surface area contributed by atoms with E-state index in [0.29, 0.717) is 5.02 Å². The minimum absolute atomic E-state index is 0.491. The molecule has 0 aliphatic rings. The van der Waals surface area contributed by atoms with E-state index in [0.717, 1.165) is 12.0 Å². The van der Waals surface area contributed by atoms with Crippen LogP contribution >= 0.6 is 22.9 Å². The molecule has 2 aromatic rings. The van der Waals surface area contributed by atoms with Crippen molar-refractivity contribution in [1.29, 1.82) is 5.26 Å². The molecule has 0 saturated heterocycles. The molecule has 1 atom stereocenters. The lowest BCUT2D eigenvalue weighted by Gasteiger charge is -2.21. The number of hydrogen-bond acceptors (Lipinski definition) is 2. The monoisotopic (exact) mass is 261 g/mol. The summed E-state index contributed by atoms with van der Waals surface area (Å²) in [5, 5.41) is 12.2. The van der Waals surface area contributed by atoms with E-state index in [-0.39, 0.29) is 0 Å². The van der Waals surface area contributed by atoms with E-state index in [2.05, 4.69) is 12.1 Å². The van der Waals surface area contributed by atoms with E-state index >= 15 is 0 Å². The van der Waals surface area contributed by atoms with Crippen molar-refractivity contribution in [2.24, 2.45) is 0 Å². The zero-order valence-corrected chi connectivity index (χ0v) is 11.1. The van der Waals surface area contributed by atoms with Gasteiger partial charge < -0.3 is 0 Å². The van der Waals surface area contributed by atoms with E-state index in [1.54, 1.807) is 11.3 Å². The van der Waals surface area contributed by atoms with Gasteiger partial charge in [-0.2, -0.15) is 5.26 Å². The van der Waals surface area contributed by atoms with Gasteiger partial charge in [-0.3, -0.25) is 0 Å². The van der Waals surface area contributed by atoms with Crippen LogP contribution in [0.5, 0.6) is 0 Å². The summed E-state index contributed by atoms with van der Waals surface area (Å²) < 4.78 is 0. The molecule has 0 saturated carbocycles. The average molecular weight is 262 g/mol. The van der Waals surface area contributed by atoms with Gasteiger partial charge in [0.05, 0.1) is 11.5 Å². The molecule has 3 heteroatoms. The topological polar surface area (TPSA) is 23.8 Å². The third kappa shape index (κ3) is 2.69. The second-order valence-electron chi connectivity index (χ2n) is 4.21.